The smallest absolute Gasteiger partial charge is 0.0800 e. The highest BCUT2D eigenvalue weighted by molar-refractivity contribution is 6.28. The number of hydrogen-bond donors (Lipinski definition) is 3. The molecule has 0 saturated heterocycles. The van der Waals surface area contributed by atoms with E-state index in [9.17, 15) is 0 Å². The molecular weight excluding hydrogens is 474 g/mol. The van der Waals surface area contributed by atoms with Crippen LogP contribution in [0.4, 0.5) is 11.4 Å². The van der Waals surface area contributed by atoms with Crippen molar-refractivity contribution in [2.75, 3.05) is 11.5 Å². The number of aromatic amines is 1. The van der Waals surface area contributed by atoms with Gasteiger partial charge in [0.2, 0.25) is 0 Å². The molecule has 7 aromatic rings. The Morgan fingerprint density at radius 3 is 1.38 bits per heavy atom. The van der Waals surface area contributed by atoms with Crippen LogP contribution in [0.5, 0.6) is 0 Å². The van der Waals surface area contributed by atoms with Crippen molar-refractivity contribution < 1.29 is 0 Å². The van der Waals surface area contributed by atoms with Gasteiger partial charge in [0.25, 0.3) is 0 Å². The standard InChI is InChI=1S/C36H27N3/c37-34-31(26-19-11-4-12-20-26)30(25-17-9-3-10-18-25)33-32-28(39-36(33)35(34)38)22-21-27(23-13-5-1-6-14-23)29(32)24-15-7-2-8-16-24/h1-22,39H,37-38H2. The Labute approximate surface area is 227 Å². The van der Waals surface area contributed by atoms with Crippen molar-refractivity contribution in [1.82, 2.24) is 4.98 Å². The number of nitrogens with one attached hydrogen (secondary N) is 1. The Morgan fingerprint density at radius 1 is 0.385 bits per heavy atom. The summed E-state index contributed by atoms with van der Waals surface area (Å²) in [6.07, 6.45) is 0. The summed E-state index contributed by atoms with van der Waals surface area (Å²) in [7, 11) is 0. The Hall–Kier alpha value is -5.28. The van der Waals surface area contributed by atoms with E-state index < -0.39 is 0 Å². The quantitative estimate of drug-likeness (QED) is 0.210. The number of hydrogen-bond acceptors (Lipinski definition) is 2. The highest BCUT2D eigenvalue weighted by Crippen LogP contribution is 2.51. The van der Waals surface area contributed by atoms with Crippen molar-refractivity contribution in [3.8, 4) is 44.5 Å². The lowest BCUT2D eigenvalue weighted by Crippen LogP contribution is -2.01. The van der Waals surface area contributed by atoms with Crippen molar-refractivity contribution in [1.29, 1.82) is 0 Å². The van der Waals surface area contributed by atoms with Gasteiger partial charge >= 0.3 is 0 Å². The van der Waals surface area contributed by atoms with Gasteiger partial charge in [0, 0.05) is 27.4 Å². The molecule has 0 saturated carbocycles. The average molecular weight is 502 g/mol. The molecule has 0 fully saturated rings. The second kappa shape index (κ2) is 9.23. The summed E-state index contributed by atoms with van der Waals surface area (Å²) in [4.78, 5) is 3.66. The van der Waals surface area contributed by atoms with E-state index in [0.717, 1.165) is 49.6 Å². The third kappa shape index (κ3) is 3.67. The molecule has 3 heteroatoms. The predicted molar refractivity (Wildman–Crippen MR) is 166 cm³/mol. The maximum atomic E-state index is 6.87. The second-order valence-electron chi connectivity index (χ2n) is 9.83. The van der Waals surface area contributed by atoms with Crippen LogP contribution >= 0.6 is 0 Å². The molecular formula is C36H27N3. The van der Waals surface area contributed by atoms with Crippen LogP contribution < -0.4 is 11.5 Å². The minimum Gasteiger partial charge on any atom is -0.396 e. The fraction of sp³-hybridized carbons (Fsp3) is 0. The summed E-state index contributed by atoms with van der Waals surface area (Å²) in [5.41, 5.74) is 25.6. The summed E-state index contributed by atoms with van der Waals surface area (Å²) in [6, 6.07) is 46.4. The lowest BCUT2D eigenvalue weighted by atomic mass is 9.85. The van der Waals surface area contributed by atoms with Gasteiger partial charge in [0.15, 0.2) is 0 Å². The minimum absolute atomic E-state index is 0.569. The van der Waals surface area contributed by atoms with E-state index in [0.29, 0.717) is 11.4 Å². The first-order valence-electron chi connectivity index (χ1n) is 13.1. The normalized spacial score (nSPS) is 11.3. The molecule has 3 nitrogen and oxygen atoms in total. The number of benzene rings is 6. The molecule has 6 aromatic carbocycles. The highest BCUT2D eigenvalue weighted by atomic mass is 14.8. The molecule has 0 radical (unpaired) electrons. The van der Waals surface area contributed by atoms with Gasteiger partial charge in [-0.1, -0.05) is 127 Å². The van der Waals surface area contributed by atoms with Crippen LogP contribution in [-0.4, -0.2) is 4.98 Å². The molecule has 0 unspecified atom stereocenters. The molecule has 5 N–H and O–H groups in total. The predicted octanol–water partition coefficient (Wildman–Crippen LogP) is 9.15. The van der Waals surface area contributed by atoms with E-state index in [-0.39, 0.29) is 0 Å². The fourth-order valence-corrected chi connectivity index (χ4v) is 5.83. The van der Waals surface area contributed by atoms with Crippen LogP contribution in [0.3, 0.4) is 0 Å². The van der Waals surface area contributed by atoms with Gasteiger partial charge in [-0.2, -0.15) is 0 Å². The Kier molecular flexibility index (Phi) is 5.42. The molecule has 186 valence electrons. The second-order valence-corrected chi connectivity index (χ2v) is 9.83. The van der Waals surface area contributed by atoms with Crippen LogP contribution in [0.2, 0.25) is 0 Å². The third-order valence-electron chi connectivity index (χ3n) is 7.57. The summed E-state index contributed by atoms with van der Waals surface area (Å²) >= 11 is 0. The molecule has 1 heterocycles. The van der Waals surface area contributed by atoms with E-state index >= 15 is 0 Å². The van der Waals surface area contributed by atoms with Crippen LogP contribution in [0.15, 0.2) is 133 Å². The van der Waals surface area contributed by atoms with E-state index in [1.54, 1.807) is 0 Å². The zero-order chi connectivity index (χ0) is 26.3. The van der Waals surface area contributed by atoms with E-state index in [4.69, 9.17) is 11.5 Å². The third-order valence-corrected chi connectivity index (χ3v) is 7.57. The SMILES string of the molecule is Nc1c(-c2ccccc2)c(-c2ccccc2)c2c([nH]c3ccc(-c4ccccc4)c(-c4ccccc4)c32)c1N. The zero-order valence-electron chi connectivity index (χ0n) is 21.4. The largest absolute Gasteiger partial charge is 0.396 e. The van der Waals surface area contributed by atoms with Crippen LogP contribution in [0.1, 0.15) is 0 Å². The molecule has 39 heavy (non-hydrogen) atoms. The van der Waals surface area contributed by atoms with Gasteiger partial charge < -0.3 is 16.5 Å². The number of aromatic nitrogens is 1. The Balaban J connectivity index is 1.74. The summed E-state index contributed by atoms with van der Waals surface area (Å²) < 4.78 is 0. The average Bonchev–Trinajstić information content (AvgIpc) is 3.40. The monoisotopic (exact) mass is 501 g/mol. The Morgan fingerprint density at radius 2 is 0.846 bits per heavy atom. The van der Waals surface area contributed by atoms with Crippen molar-refractivity contribution in [2.24, 2.45) is 0 Å². The lowest BCUT2D eigenvalue weighted by molar-refractivity contribution is 1.53. The molecule has 7 rings (SSSR count). The van der Waals surface area contributed by atoms with E-state index in [1.807, 2.05) is 24.3 Å². The first-order chi connectivity index (χ1) is 19.2. The van der Waals surface area contributed by atoms with Gasteiger partial charge in [-0.15, -0.1) is 0 Å². The van der Waals surface area contributed by atoms with E-state index in [2.05, 4.69) is 114 Å². The maximum absolute atomic E-state index is 6.87. The molecule has 0 aliphatic carbocycles. The number of fused-ring (bicyclic) bond motifs is 3. The van der Waals surface area contributed by atoms with Gasteiger partial charge in [0.05, 0.1) is 16.9 Å². The highest BCUT2D eigenvalue weighted by Gasteiger charge is 2.25. The van der Waals surface area contributed by atoms with Crippen LogP contribution in [0, 0.1) is 0 Å². The lowest BCUT2D eigenvalue weighted by Gasteiger charge is -2.19. The molecule has 0 amide bonds. The van der Waals surface area contributed by atoms with Gasteiger partial charge in [0.1, 0.15) is 0 Å². The fourth-order valence-electron chi connectivity index (χ4n) is 5.83. The van der Waals surface area contributed by atoms with Crippen molar-refractivity contribution >= 4 is 33.2 Å². The molecule has 0 aliphatic rings. The van der Waals surface area contributed by atoms with Gasteiger partial charge in [-0.05, 0) is 39.4 Å². The summed E-state index contributed by atoms with van der Waals surface area (Å²) in [6.45, 7) is 0. The van der Waals surface area contributed by atoms with Crippen molar-refractivity contribution in [3.05, 3.63) is 133 Å². The molecule has 0 bridgehead atoms. The summed E-state index contributed by atoms with van der Waals surface area (Å²) in [5, 5.41) is 2.22. The van der Waals surface area contributed by atoms with Crippen LogP contribution in [-0.2, 0) is 0 Å². The van der Waals surface area contributed by atoms with Crippen molar-refractivity contribution in [3.63, 3.8) is 0 Å². The molecule has 0 aliphatic heterocycles. The maximum Gasteiger partial charge on any atom is 0.0800 e. The van der Waals surface area contributed by atoms with Crippen LogP contribution in [0.25, 0.3) is 66.3 Å². The minimum atomic E-state index is 0.569. The number of anilines is 2. The number of rotatable bonds is 4. The zero-order valence-corrected chi connectivity index (χ0v) is 21.4. The van der Waals surface area contributed by atoms with E-state index in [1.165, 1.54) is 16.7 Å². The molecule has 0 spiro atoms. The Bertz CT molecular complexity index is 1940. The van der Waals surface area contributed by atoms with Gasteiger partial charge in [-0.3, -0.25) is 0 Å². The van der Waals surface area contributed by atoms with Gasteiger partial charge in [-0.25, -0.2) is 0 Å². The number of nitrogens with two attached hydrogens (primary N) is 2. The number of H-pyrrole nitrogens is 1. The molecule has 1 aromatic heterocycles. The molecule has 0 atom stereocenters. The van der Waals surface area contributed by atoms with Crippen molar-refractivity contribution in [2.45, 2.75) is 0 Å². The first kappa shape index (κ1) is 22.9. The topological polar surface area (TPSA) is 67.8 Å². The number of nitrogen functional groups attached to an aromatic ring is 2. The first-order valence-corrected chi connectivity index (χ1v) is 13.1. The summed E-state index contributed by atoms with van der Waals surface area (Å²) in [5.74, 6) is 0.